The molecule has 0 atom stereocenters. The minimum Gasteiger partial charge on any atom is -0.268 e. The van der Waals surface area contributed by atoms with Crippen molar-refractivity contribution in [1.82, 2.24) is 9.78 Å². The summed E-state index contributed by atoms with van der Waals surface area (Å²) in [4.78, 5) is 11.5. The lowest BCUT2D eigenvalue weighted by Crippen LogP contribution is -2.05. The van der Waals surface area contributed by atoms with Crippen molar-refractivity contribution >= 4 is 0 Å². The Morgan fingerprint density at radius 2 is 1.76 bits per heavy atom. The summed E-state index contributed by atoms with van der Waals surface area (Å²) in [6.07, 6.45) is 2.39. The molecule has 0 aliphatic heterocycles. The standard InChI is InChI=1S/C14H16N2O/c1-9-5-10(2)7-12(6-9)16-13(11-3-4-11)8-14(17)15-16/h5-8,11H,3-4H2,1-2H3,(H,15,17). The lowest BCUT2D eigenvalue weighted by atomic mass is 10.1. The van der Waals surface area contributed by atoms with E-state index in [-0.39, 0.29) is 5.56 Å². The molecule has 1 aliphatic carbocycles. The molecule has 1 heterocycles. The van der Waals surface area contributed by atoms with Crippen LogP contribution in [0.1, 0.15) is 35.6 Å². The Morgan fingerprint density at radius 3 is 2.35 bits per heavy atom. The third kappa shape index (κ3) is 1.93. The fraction of sp³-hybridized carbons (Fsp3) is 0.357. The van der Waals surface area contributed by atoms with Gasteiger partial charge in [0, 0.05) is 17.7 Å². The summed E-state index contributed by atoms with van der Waals surface area (Å²) in [5.41, 5.74) is 4.62. The second-order valence-electron chi connectivity index (χ2n) is 5.00. The fourth-order valence-electron chi connectivity index (χ4n) is 2.38. The summed E-state index contributed by atoms with van der Waals surface area (Å²) >= 11 is 0. The molecule has 0 radical (unpaired) electrons. The highest BCUT2D eigenvalue weighted by Gasteiger charge is 2.27. The Hall–Kier alpha value is -1.77. The van der Waals surface area contributed by atoms with Gasteiger partial charge in [0.1, 0.15) is 0 Å². The zero-order valence-corrected chi connectivity index (χ0v) is 10.2. The Labute approximate surface area is 100 Å². The van der Waals surface area contributed by atoms with Crippen LogP contribution < -0.4 is 5.56 Å². The first kappa shape index (κ1) is 10.4. The topological polar surface area (TPSA) is 37.8 Å². The first-order chi connectivity index (χ1) is 8.13. The molecule has 88 valence electrons. The molecule has 1 aromatic carbocycles. The highest BCUT2D eigenvalue weighted by Crippen LogP contribution is 2.40. The van der Waals surface area contributed by atoms with Gasteiger partial charge in [-0.25, -0.2) is 0 Å². The number of nitrogens with zero attached hydrogens (tertiary/aromatic N) is 1. The first-order valence-corrected chi connectivity index (χ1v) is 6.04. The monoisotopic (exact) mass is 228 g/mol. The van der Waals surface area contributed by atoms with Gasteiger partial charge < -0.3 is 0 Å². The van der Waals surface area contributed by atoms with Crippen molar-refractivity contribution in [2.24, 2.45) is 0 Å². The van der Waals surface area contributed by atoms with E-state index in [1.54, 1.807) is 6.07 Å². The normalized spacial score (nSPS) is 15.2. The molecule has 0 unspecified atom stereocenters. The van der Waals surface area contributed by atoms with E-state index in [2.05, 4.69) is 37.1 Å². The predicted molar refractivity (Wildman–Crippen MR) is 67.8 cm³/mol. The van der Waals surface area contributed by atoms with E-state index in [9.17, 15) is 4.79 Å². The van der Waals surface area contributed by atoms with Gasteiger partial charge in [0.2, 0.25) is 0 Å². The van der Waals surface area contributed by atoms with Crippen molar-refractivity contribution in [3.63, 3.8) is 0 Å². The third-order valence-corrected chi connectivity index (χ3v) is 3.22. The molecule has 0 spiro atoms. The zero-order valence-electron chi connectivity index (χ0n) is 10.2. The van der Waals surface area contributed by atoms with Crippen molar-refractivity contribution in [1.29, 1.82) is 0 Å². The van der Waals surface area contributed by atoms with E-state index < -0.39 is 0 Å². The van der Waals surface area contributed by atoms with Gasteiger partial charge in [-0.2, -0.15) is 0 Å². The summed E-state index contributed by atoms with van der Waals surface area (Å²) in [5.74, 6) is 0.565. The predicted octanol–water partition coefficient (Wildman–Crippen LogP) is 2.66. The Morgan fingerprint density at radius 1 is 1.12 bits per heavy atom. The highest BCUT2D eigenvalue weighted by molar-refractivity contribution is 5.40. The quantitative estimate of drug-likeness (QED) is 0.843. The number of H-pyrrole nitrogens is 1. The Balaban J connectivity index is 2.16. The summed E-state index contributed by atoms with van der Waals surface area (Å²) < 4.78 is 1.94. The SMILES string of the molecule is Cc1cc(C)cc(-n2[nH]c(=O)cc2C2CC2)c1. The van der Waals surface area contributed by atoms with Crippen molar-refractivity contribution in [2.45, 2.75) is 32.6 Å². The molecule has 1 fully saturated rings. The average molecular weight is 228 g/mol. The summed E-state index contributed by atoms with van der Waals surface area (Å²) in [6, 6.07) is 8.08. The number of benzene rings is 1. The average Bonchev–Trinajstić information content (AvgIpc) is 3.00. The van der Waals surface area contributed by atoms with E-state index >= 15 is 0 Å². The van der Waals surface area contributed by atoms with Gasteiger partial charge >= 0.3 is 0 Å². The largest absolute Gasteiger partial charge is 0.268 e. The minimum atomic E-state index is -0.00828. The summed E-state index contributed by atoms with van der Waals surface area (Å²) in [5, 5.41) is 2.90. The molecule has 0 bridgehead atoms. The van der Waals surface area contributed by atoms with Gasteiger partial charge in [-0.05, 0) is 49.9 Å². The lowest BCUT2D eigenvalue weighted by Gasteiger charge is -2.09. The van der Waals surface area contributed by atoms with Crippen molar-refractivity contribution < 1.29 is 0 Å². The minimum absolute atomic E-state index is 0.00828. The van der Waals surface area contributed by atoms with Crippen molar-refractivity contribution in [2.75, 3.05) is 0 Å². The maximum atomic E-state index is 11.5. The number of hydrogen-bond donors (Lipinski definition) is 1. The number of aromatic amines is 1. The molecule has 1 aliphatic rings. The van der Waals surface area contributed by atoms with Crippen LogP contribution in [0.2, 0.25) is 0 Å². The molecular weight excluding hydrogens is 212 g/mol. The van der Waals surface area contributed by atoms with E-state index in [4.69, 9.17) is 0 Å². The fourth-order valence-corrected chi connectivity index (χ4v) is 2.38. The summed E-state index contributed by atoms with van der Waals surface area (Å²) in [6.45, 7) is 4.16. The van der Waals surface area contributed by atoms with Crippen LogP contribution in [0.5, 0.6) is 0 Å². The van der Waals surface area contributed by atoms with Crippen LogP contribution in [-0.4, -0.2) is 9.78 Å². The van der Waals surface area contributed by atoms with Gasteiger partial charge in [-0.3, -0.25) is 14.6 Å². The number of nitrogens with one attached hydrogen (secondary N) is 1. The van der Waals surface area contributed by atoms with Gasteiger partial charge in [0.25, 0.3) is 5.56 Å². The molecule has 0 amide bonds. The van der Waals surface area contributed by atoms with Crippen LogP contribution in [0.4, 0.5) is 0 Å². The van der Waals surface area contributed by atoms with Gasteiger partial charge in [0.05, 0.1) is 5.69 Å². The molecule has 1 aromatic heterocycles. The molecule has 3 nitrogen and oxygen atoms in total. The second-order valence-corrected chi connectivity index (χ2v) is 5.00. The van der Waals surface area contributed by atoms with Crippen molar-refractivity contribution in [3.05, 3.63) is 51.4 Å². The lowest BCUT2D eigenvalue weighted by molar-refractivity contribution is 0.798. The smallest absolute Gasteiger partial charge is 0.264 e. The van der Waals surface area contributed by atoms with Crippen LogP contribution in [0.3, 0.4) is 0 Å². The van der Waals surface area contributed by atoms with E-state index in [1.807, 2.05) is 4.68 Å². The van der Waals surface area contributed by atoms with Crippen molar-refractivity contribution in [3.8, 4) is 5.69 Å². The van der Waals surface area contributed by atoms with Gasteiger partial charge in [0.15, 0.2) is 0 Å². The maximum absolute atomic E-state index is 11.5. The third-order valence-electron chi connectivity index (χ3n) is 3.22. The molecule has 0 saturated heterocycles. The Kier molecular flexibility index (Phi) is 2.21. The van der Waals surface area contributed by atoms with Crippen LogP contribution >= 0.6 is 0 Å². The molecule has 17 heavy (non-hydrogen) atoms. The molecule has 3 rings (SSSR count). The van der Waals surface area contributed by atoms with Gasteiger partial charge in [-0.1, -0.05) is 6.07 Å². The van der Waals surface area contributed by atoms with E-state index in [0.717, 1.165) is 11.4 Å². The molecule has 1 saturated carbocycles. The molecule has 1 N–H and O–H groups in total. The highest BCUT2D eigenvalue weighted by atomic mass is 16.1. The second kappa shape index (κ2) is 3.62. The van der Waals surface area contributed by atoms with E-state index in [1.165, 1.54) is 24.0 Å². The van der Waals surface area contributed by atoms with Crippen LogP contribution in [0, 0.1) is 13.8 Å². The van der Waals surface area contributed by atoms with Gasteiger partial charge in [-0.15, -0.1) is 0 Å². The molecule has 3 heteroatoms. The number of aromatic nitrogens is 2. The first-order valence-electron chi connectivity index (χ1n) is 6.04. The maximum Gasteiger partial charge on any atom is 0.264 e. The number of hydrogen-bond acceptors (Lipinski definition) is 1. The molecular formula is C14H16N2O. The van der Waals surface area contributed by atoms with E-state index in [0.29, 0.717) is 5.92 Å². The van der Waals surface area contributed by atoms with Crippen LogP contribution in [-0.2, 0) is 0 Å². The number of aryl methyl sites for hydroxylation is 2. The number of rotatable bonds is 2. The molecule has 2 aromatic rings. The summed E-state index contributed by atoms with van der Waals surface area (Å²) in [7, 11) is 0. The van der Waals surface area contributed by atoms with Crippen LogP contribution in [0.15, 0.2) is 29.1 Å². The van der Waals surface area contributed by atoms with Crippen LogP contribution in [0.25, 0.3) is 5.69 Å². The zero-order chi connectivity index (χ0) is 12.0. The Bertz CT molecular complexity index is 597.